The predicted molar refractivity (Wildman–Crippen MR) is 157 cm³/mol. The Bertz CT molecular complexity index is 1610. The number of alkyl halides is 6. The summed E-state index contributed by atoms with van der Waals surface area (Å²) in [5, 5.41) is 6.56. The maximum absolute atomic E-state index is 13.7. The number of nitrogens with two attached hydrogens (primary N) is 1. The molecule has 0 saturated carbocycles. The molecule has 44 heavy (non-hydrogen) atoms. The number of nitrogens with one attached hydrogen (secondary N) is 1. The van der Waals surface area contributed by atoms with Crippen LogP contribution in [0.2, 0.25) is 0 Å². The van der Waals surface area contributed by atoms with Crippen LogP contribution in [-0.2, 0) is 26.4 Å². The first kappa shape index (κ1) is 39.3. The van der Waals surface area contributed by atoms with Gasteiger partial charge in [-0.3, -0.25) is 9.59 Å². The van der Waals surface area contributed by atoms with E-state index in [0.717, 1.165) is 23.4 Å². The van der Waals surface area contributed by atoms with Crippen LogP contribution in [0.25, 0.3) is 0 Å². The standard InChI is InChI=1S/C12H8F4IN3O.C6H3ClF4N2O.C6H6IN.ClH/c1-20-10(13)8(9(19-20)12(14,15)16)11(21)18-7-5-3-2-4-6(7)17;1-13-5(8)2(4(7)14)3(12-13)6(9,10)11;7-5-3-1-2-4-6(5)8;/h2-5H,1H3,(H,18,21);1H3;1-4H,8H2;1H/p-1. The average Bonchev–Trinajstić information content (AvgIpc) is 3.38. The Morgan fingerprint density at radius 1 is 0.795 bits per heavy atom. The van der Waals surface area contributed by atoms with Crippen molar-refractivity contribution in [2.75, 3.05) is 11.1 Å². The monoisotopic (exact) mass is 897 g/mol. The van der Waals surface area contributed by atoms with Gasteiger partial charge in [-0.05, 0) is 81.0 Å². The van der Waals surface area contributed by atoms with Crippen LogP contribution < -0.4 is 23.5 Å². The zero-order valence-corrected chi connectivity index (χ0v) is 27.7. The van der Waals surface area contributed by atoms with Gasteiger partial charge in [-0.15, -0.1) is 0 Å². The van der Waals surface area contributed by atoms with Crippen LogP contribution >= 0.6 is 56.8 Å². The Morgan fingerprint density at radius 2 is 1.20 bits per heavy atom. The molecule has 0 aliphatic carbocycles. The van der Waals surface area contributed by atoms with Gasteiger partial charge in [0.1, 0.15) is 11.1 Å². The van der Waals surface area contributed by atoms with Gasteiger partial charge < -0.3 is 23.5 Å². The Labute approximate surface area is 282 Å². The molecule has 4 rings (SSSR count). The topological polar surface area (TPSA) is 108 Å². The molecule has 0 fully saturated rings. The molecule has 8 nitrogen and oxygen atoms in total. The third kappa shape index (κ3) is 10.2. The predicted octanol–water partition coefficient (Wildman–Crippen LogP) is 4.27. The molecule has 0 atom stereocenters. The van der Waals surface area contributed by atoms with E-state index in [2.05, 4.69) is 38.1 Å². The summed E-state index contributed by atoms with van der Waals surface area (Å²) >= 11 is 8.90. The zero-order valence-electron chi connectivity index (χ0n) is 21.8. The lowest BCUT2D eigenvalue weighted by Crippen LogP contribution is -3.00. The molecule has 0 spiro atoms. The second-order valence-corrected chi connectivity index (χ2v) is 10.7. The fourth-order valence-electron chi connectivity index (χ4n) is 3.00. The van der Waals surface area contributed by atoms with Crippen molar-refractivity contribution in [3.05, 3.63) is 90.1 Å². The number of amides is 1. The van der Waals surface area contributed by atoms with Crippen molar-refractivity contribution in [2.24, 2.45) is 14.1 Å². The average molecular weight is 898 g/mol. The number of nitrogens with zero attached hydrogens (tertiary/aromatic N) is 4. The van der Waals surface area contributed by atoms with Crippen LogP contribution in [0.5, 0.6) is 0 Å². The van der Waals surface area contributed by atoms with Gasteiger partial charge in [0.05, 0.1) is 5.69 Å². The number of halogens is 12. The van der Waals surface area contributed by atoms with Crippen LogP contribution in [-0.4, -0.2) is 30.7 Å². The van der Waals surface area contributed by atoms with Crippen molar-refractivity contribution in [1.29, 1.82) is 0 Å². The van der Waals surface area contributed by atoms with E-state index < -0.39 is 57.9 Å². The number of aryl methyl sites for hydroxylation is 2. The van der Waals surface area contributed by atoms with Crippen LogP contribution in [0.3, 0.4) is 0 Å². The number of carbonyl (C=O) groups excluding carboxylic acids is 2. The molecule has 20 heteroatoms. The highest BCUT2D eigenvalue weighted by atomic mass is 127. The lowest BCUT2D eigenvalue weighted by atomic mass is 10.2. The number of rotatable bonds is 3. The van der Waals surface area contributed by atoms with Crippen LogP contribution in [0, 0.1) is 19.0 Å². The summed E-state index contributed by atoms with van der Waals surface area (Å²) in [6.07, 6.45) is -9.82. The van der Waals surface area contributed by atoms with E-state index in [9.17, 15) is 44.7 Å². The molecular formula is C24H17Cl2F8I2N6O2-. The number of nitrogen functional groups attached to an aromatic ring is 1. The van der Waals surface area contributed by atoms with E-state index in [-0.39, 0.29) is 12.4 Å². The maximum Gasteiger partial charge on any atom is 0.436 e. The largest absolute Gasteiger partial charge is 1.00 e. The summed E-state index contributed by atoms with van der Waals surface area (Å²) in [6.45, 7) is 0. The minimum absolute atomic E-state index is 0. The Kier molecular flexibility index (Phi) is 14.3. The molecule has 2 aromatic heterocycles. The smallest absolute Gasteiger partial charge is 0.436 e. The molecule has 4 aromatic rings. The highest BCUT2D eigenvalue weighted by Gasteiger charge is 2.42. The quantitative estimate of drug-likeness (QED) is 0.139. The van der Waals surface area contributed by atoms with Crippen LogP contribution in [0.4, 0.5) is 46.5 Å². The molecule has 0 saturated heterocycles. The molecule has 3 N–H and O–H groups in total. The van der Waals surface area contributed by atoms with Gasteiger partial charge in [-0.25, -0.2) is 9.36 Å². The Morgan fingerprint density at radius 3 is 1.57 bits per heavy atom. The van der Waals surface area contributed by atoms with E-state index in [1.54, 1.807) is 18.2 Å². The van der Waals surface area contributed by atoms with E-state index in [4.69, 9.17) is 17.3 Å². The third-order valence-electron chi connectivity index (χ3n) is 4.94. The minimum atomic E-state index is -4.92. The fourth-order valence-corrected chi connectivity index (χ4v) is 4.08. The summed E-state index contributed by atoms with van der Waals surface area (Å²) in [4.78, 5) is 22.5. The van der Waals surface area contributed by atoms with Gasteiger partial charge in [0.2, 0.25) is 11.9 Å². The number of hydrogen-bond acceptors (Lipinski definition) is 5. The molecule has 0 aliphatic rings. The fraction of sp³-hybridized carbons (Fsp3) is 0.167. The summed E-state index contributed by atoms with van der Waals surface area (Å²) in [5.74, 6) is -3.94. The normalized spacial score (nSPS) is 10.9. The van der Waals surface area contributed by atoms with Crippen LogP contribution in [0.1, 0.15) is 32.1 Å². The molecule has 0 radical (unpaired) electrons. The van der Waals surface area contributed by atoms with Crippen molar-refractivity contribution in [3.63, 3.8) is 0 Å². The molecule has 2 aromatic carbocycles. The summed E-state index contributed by atoms with van der Waals surface area (Å²) in [6, 6.07) is 14.2. The SMILES string of the molecule is Cn1nc(C(F)(F)F)c(C(=O)Cl)c1F.Cn1nc(C(F)(F)F)c(C(=O)Nc2ccccc2I)c1F.Nc1ccccc1I.[Cl-]. The van der Waals surface area contributed by atoms with Gasteiger partial charge in [0, 0.05) is 26.9 Å². The van der Waals surface area contributed by atoms with E-state index >= 15 is 0 Å². The molecule has 0 aliphatic heterocycles. The summed E-state index contributed by atoms with van der Waals surface area (Å²) in [5.41, 5.74) is 1.13. The zero-order chi connectivity index (χ0) is 32.9. The van der Waals surface area contributed by atoms with Gasteiger partial charge in [0.15, 0.2) is 11.4 Å². The first-order valence-electron chi connectivity index (χ1n) is 11.1. The number of hydrogen-bond donors (Lipinski definition) is 2. The number of para-hydroxylation sites is 2. The molecule has 0 unspecified atom stereocenters. The second kappa shape index (κ2) is 16.0. The van der Waals surface area contributed by atoms with Crippen molar-refractivity contribution < 1.29 is 57.1 Å². The third-order valence-corrected chi connectivity index (χ3v) is 7.05. The minimum Gasteiger partial charge on any atom is -1.00 e. The van der Waals surface area contributed by atoms with Crippen molar-refractivity contribution in [1.82, 2.24) is 19.6 Å². The Hall–Kier alpha value is -2.72. The summed E-state index contributed by atoms with van der Waals surface area (Å²) < 4.78 is 104. The van der Waals surface area contributed by atoms with Crippen LogP contribution in [0.15, 0.2) is 48.5 Å². The number of anilines is 2. The first-order chi connectivity index (χ1) is 19.8. The molecule has 1 amide bonds. The van der Waals surface area contributed by atoms with Crippen molar-refractivity contribution >= 4 is 79.3 Å². The maximum atomic E-state index is 13.7. The number of carbonyl (C=O) groups is 2. The lowest BCUT2D eigenvalue weighted by molar-refractivity contribution is -0.142. The highest BCUT2D eigenvalue weighted by molar-refractivity contribution is 14.1. The van der Waals surface area contributed by atoms with E-state index in [1.807, 2.05) is 46.9 Å². The van der Waals surface area contributed by atoms with E-state index in [1.165, 1.54) is 6.07 Å². The Balaban J connectivity index is 0.000000362. The van der Waals surface area contributed by atoms with Gasteiger partial charge in [-0.1, -0.05) is 24.3 Å². The highest BCUT2D eigenvalue weighted by Crippen LogP contribution is 2.33. The molecule has 2 heterocycles. The van der Waals surface area contributed by atoms with Gasteiger partial charge >= 0.3 is 12.4 Å². The van der Waals surface area contributed by atoms with Gasteiger partial charge in [-0.2, -0.15) is 45.3 Å². The van der Waals surface area contributed by atoms with Gasteiger partial charge in [0.25, 0.3) is 11.1 Å². The first-order valence-corrected chi connectivity index (χ1v) is 13.7. The second-order valence-electron chi connectivity index (χ2n) is 8.00. The lowest BCUT2D eigenvalue weighted by Gasteiger charge is -2.08. The van der Waals surface area contributed by atoms with Crippen molar-refractivity contribution in [2.45, 2.75) is 12.4 Å². The summed E-state index contributed by atoms with van der Waals surface area (Å²) in [7, 11) is 1.93. The van der Waals surface area contributed by atoms with Crippen molar-refractivity contribution in [3.8, 4) is 0 Å². The number of aromatic nitrogens is 4. The van der Waals surface area contributed by atoms with E-state index in [0.29, 0.717) is 18.6 Å². The molecular weight excluding hydrogens is 881 g/mol. The molecule has 0 bridgehead atoms. The number of benzene rings is 2. The molecule has 240 valence electrons.